The summed E-state index contributed by atoms with van der Waals surface area (Å²) in [5.74, 6) is 0.712. The summed E-state index contributed by atoms with van der Waals surface area (Å²) in [6.07, 6.45) is 1.82. The number of hydrogen-bond donors (Lipinski definition) is 1. The monoisotopic (exact) mass is 192 g/mol. The van der Waals surface area contributed by atoms with Crippen LogP contribution in [0.15, 0.2) is 18.3 Å². The normalized spacial score (nSPS) is 10.5. The summed E-state index contributed by atoms with van der Waals surface area (Å²) >= 11 is 4.90. The van der Waals surface area contributed by atoms with E-state index in [-0.39, 0.29) is 0 Å². The molecule has 0 unspecified atom stereocenters. The van der Waals surface area contributed by atoms with Gasteiger partial charge in [0.2, 0.25) is 0 Å². The fourth-order valence-electron chi connectivity index (χ4n) is 1.21. The van der Waals surface area contributed by atoms with Crippen molar-refractivity contribution >= 4 is 22.9 Å². The molecule has 13 heavy (non-hydrogen) atoms. The van der Waals surface area contributed by atoms with Gasteiger partial charge in [-0.2, -0.15) is 5.10 Å². The Labute approximate surface area is 80.4 Å². The molecule has 0 amide bonds. The molecule has 0 saturated carbocycles. The predicted octanol–water partition coefficient (Wildman–Crippen LogP) is 0.672. The lowest BCUT2D eigenvalue weighted by atomic mass is 10.3. The van der Waals surface area contributed by atoms with E-state index >= 15 is 0 Å². The van der Waals surface area contributed by atoms with Gasteiger partial charge in [0.05, 0.1) is 5.56 Å². The molecule has 2 rings (SSSR count). The van der Waals surface area contributed by atoms with Gasteiger partial charge >= 0.3 is 0 Å². The van der Waals surface area contributed by atoms with Gasteiger partial charge in [0, 0.05) is 6.20 Å². The quantitative estimate of drug-likeness (QED) is 0.675. The van der Waals surface area contributed by atoms with Crippen LogP contribution >= 0.6 is 12.2 Å². The molecule has 0 aliphatic rings. The number of thiocarbonyl (C=S) groups is 1. The smallest absolute Gasteiger partial charge is 0.165 e. The molecule has 5 heteroatoms. The van der Waals surface area contributed by atoms with Crippen LogP contribution in [0.1, 0.15) is 11.4 Å². The number of nitrogens with two attached hydrogens (primary N) is 1. The van der Waals surface area contributed by atoms with Crippen molar-refractivity contribution in [2.75, 3.05) is 0 Å². The maximum Gasteiger partial charge on any atom is 0.165 e. The van der Waals surface area contributed by atoms with Gasteiger partial charge in [-0.3, -0.25) is 0 Å². The highest BCUT2D eigenvalue weighted by Crippen LogP contribution is 2.07. The minimum Gasteiger partial charge on any atom is -0.389 e. The molecule has 0 bridgehead atoms. The highest BCUT2D eigenvalue weighted by molar-refractivity contribution is 7.80. The van der Waals surface area contributed by atoms with Gasteiger partial charge < -0.3 is 5.73 Å². The first kappa shape index (κ1) is 8.12. The molecule has 0 atom stereocenters. The van der Waals surface area contributed by atoms with Gasteiger partial charge in [-0.25, -0.2) is 9.50 Å². The van der Waals surface area contributed by atoms with Crippen molar-refractivity contribution in [2.45, 2.75) is 6.92 Å². The van der Waals surface area contributed by atoms with Crippen LogP contribution in [0.3, 0.4) is 0 Å². The summed E-state index contributed by atoms with van der Waals surface area (Å²) in [4.78, 5) is 4.56. The lowest BCUT2D eigenvalue weighted by molar-refractivity contribution is 0.930. The van der Waals surface area contributed by atoms with E-state index in [1.165, 1.54) is 0 Å². The van der Waals surface area contributed by atoms with E-state index in [1.807, 2.05) is 25.3 Å². The highest BCUT2D eigenvalue weighted by atomic mass is 32.1. The molecule has 2 N–H and O–H groups in total. The second kappa shape index (κ2) is 2.77. The molecule has 0 aromatic carbocycles. The van der Waals surface area contributed by atoms with Gasteiger partial charge in [-0.15, -0.1) is 0 Å². The van der Waals surface area contributed by atoms with Crippen LogP contribution in [0.25, 0.3) is 5.65 Å². The third-order valence-corrected chi connectivity index (χ3v) is 1.95. The van der Waals surface area contributed by atoms with Crippen LogP contribution in [0, 0.1) is 6.92 Å². The SMILES string of the molecule is Cc1nc2c(C(N)=S)cccn2n1. The lowest BCUT2D eigenvalue weighted by Gasteiger charge is -1.97. The van der Waals surface area contributed by atoms with E-state index < -0.39 is 0 Å². The first-order valence-electron chi connectivity index (χ1n) is 3.80. The molecule has 66 valence electrons. The molecule has 2 heterocycles. The van der Waals surface area contributed by atoms with Gasteiger partial charge in [0.1, 0.15) is 10.8 Å². The van der Waals surface area contributed by atoms with Crippen LogP contribution in [-0.2, 0) is 0 Å². The average Bonchev–Trinajstić information content (AvgIpc) is 2.43. The largest absolute Gasteiger partial charge is 0.389 e. The Morgan fingerprint density at radius 1 is 1.62 bits per heavy atom. The fourth-order valence-corrected chi connectivity index (χ4v) is 1.36. The van der Waals surface area contributed by atoms with E-state index in [0.717, 1.165) is 5.56 Å². The third kappa shape index (κ3) is 1.27. The molecule has 2 aromatic heterocycles. The molecule has 4 nitrogen and oxygen atoms in total. The van der Waals surface area contributed by atoms with Gasteiger partial charge in [-0.1, -0.05) is 12.2 Å². The Kier molecular flexibility index (Phi) is 1.73. The van der Waals surface area contributed by atoms with Crippen molar-refractivity contribution in [3.63, 3.8) is 0 Å². The summed E-state index contributed by atoms with van der Waals surface area (Å²) in [6, 6.07) is 3.68. The van der Waals surface area contributed by atoms with E-state index in [9.17, 15) is 0 Å². The van der Waals surface area contributed by atoms with E-state index in [4.69, 9.17) is 18.0 Å². The van der Waals surface area contributed by atoms with Crippen molar-refractivity contribution in [1.29, 1.82) is 0 Å². The number of aromatic nitrogens is 3. The van der Waals surface area contributed by atoms with Crippen molar-refractivity contribution in [1.82, 2.24) is 14.6 Å². The molecule has 0 fully saturated rings. The average molecular weight is 192 g/mol. The maximum atomic E-state index is 5.54. The van der Waals surface area contributed by atoms with Crippen molar-refractivity contribution in [3.05, 3.63) is 29.7 Å². The van der Waals surface area contributed by atoms with Crippen molar-refractivity contribution in [3.8, 4) is 0 Å². The third-order valence-electron chi connectivity index (χ3n) is 1.73. The molecule has 0 spiro atoms. The van der Waals surface area contributed by atoms with E-state index in [0.29, 0.717) is 16.5 Å². The van der Waals surface area contributed by atoms with Gasteiger partial charge in [-0.05, 0) is 19.1 Å². The zero-order valence-electron chi connectivity index (χ0n) is 7.06. The number of hydrogen-bond acceptors (Lipinski definition) is 3. The minimum absolute atomic E-state index is 0.345. The predicted molar refractivity (Wildman–Crippen MR) is 53.6 cm³/mol. The number of aryl methyl sites for hydroxylation is 1. The van der Waals surface area contributed by atoms with Crippen LogP contribution in [0.4, 0.5) is 0 Å². The highest BCUT2D eigenvalue weighted by Gasteiger charge is 2.06. The zero-order valence-corrected chi connectivity index (χ0v) is 7.88. The Morgan fingerprint density at radius 2 is 2.38 bits per heavy atom. The van der Waals surface area contributed by atoms with E-state index in [2.05, 4.69) is 10.1 Å². The molecular weight excluding hydrogens is 184 g/mol. The Hall–Kier alpha value is -1.49. The van der Waals surface area contributed by atoms with Crippen LogP contribution in [0.2, 0.25) is 0 Å². The standard InChI is InChI=1S/C8H8N4S/c1-5-10-8-6(7(9)13)3-2-4-12(8)11-5/h2-4H,1H3,(H2,9,13). The summed E-state index contributed by atoms with van der Waals surface area (Å²) in [5.41, 5.74) is 7.02. The van der Waals surface area contributed by atoms with Crippen molar-refractivity contribution < 1.29 is 0 Å². The summed E-state index contributed by atoms with van der Waals surface area (Å²) in [6.45, 7) is 1.83. The molecule has 0 aliphatic heterocycles. The first-order valence-corrected chi connectivity index (χ1v) is 4.21. The summed E-state index contributed by atoms with van der Waals surface area (Å²) in [7, 11) is 0. The maximum absolute atomic E-state index is 5.54. The second-order valence-electron chi connectivity index (χ2n) is 2.71. The molecule has 2 aromatic rings. The Bertz CT molecular complexity index is 474. The topological polar surface area (TPSA) is 56.2 Å². The minimum atomic E-state index is 0.345. The molecule has 0 aliphatic carbocycles. The van der Waals surface area contributed by atoms with Gasteiger partial charge in [0.15, 0.2) is 5.65 Å². The van der Waals surface area contributed by atoms with Crippen molar-refractivity contribution in [2.24, 2.45) is 5.73 Å². The van der Waals surface area contributed by atoms with Crippen LogP contribution in [-0.4, -0.2) is 19.6 Å². The van der Waals surface area contributed by atoms with Crippen LogP contribution in [0.5, 0.6) is 0 Å². The first-order chi connectivity index (χ1) is 6.18. The number of fused-ring (bicyclic) bond motifs is 1. The summed E-state index contributed by atoms with van der Waals surface area (Å²) < 4.78 is 1.67. The second-order valence-corrected chi connectivity index (χ2v) is 3.15. The molecular formula is C8H8N4S. The fraction of sp³-hybridized carbons (Fsp3) is 0.125. The van der Waals surface area contributed by atoms with E-state index in [1.54, 1.807) is 4.52 Å². The Morgan fingerprint density at radius 3 is 3.08 bits per heavy atom. The number of pyridine rings is 1. The lowest BCUT2D eigenvalue weighted by Crippen LogP contribution is -2.11. The Balaban J connectivity index is 2.82. The van der Waals surface area contributed by atoms with Gasteiger partial charge in [0.25, 0.3) is 0 Å². The number of nitrogens with zero attached hydrogens (tertiary/aromatic N) is 3. The molecule has 0 saturated heterocycles. The zero-order chi connectivity index (χ0) is 9.42. The summed E-state index contributed by atoms with van der Waals surface area (Å²) in [5, 5.41) is 4.15. The number of rotatable bonds is 1. The molecule has 0 radical (unpaired) electrons. The van der Waals surface area contributed by atoms with Crippen LogP contribution < -0.4 is 5.73 Å².